The molecule has 112 valence electrons. The van der Waals surface area contributed by atoms with Gasteiger partial charge in [-0.3, -0.25) is 14.5 Å². The summed E-state index contributed by atoms with van der Waals surface area (Å²) in [6.07, 6.45) is 4.42. The second-order valence-electron chi connectivity index (χ2n) is 5.62. The Kier molecular flexibility index (Phi) is 3.63. The van der Waals surface area contributed by atoms with E-state index >= 15 is 0 Å². The average molecular weight is 294 g/mol. The lowest BCUT2D eigenvalue weighted by Gasteiger charge is -2.11. The number of nitrogens with zero attached hydrogens (tertiary/aromatic N) is 3. The fourth-order valence-electron chi connectivity index (χ4n) is 2.57. The molecule has 0 radical (unpaired) electrons. The van der Waals surface area contributed by atoms with E-state index in [2.05, 4.69) is 35.3 Å². The number of carbonyl (C=O) groups excluding carboxylic acids is 1. The molecule has 0 saturated carbocycles. The number of rotatable bonds is 4. The molecule has 1 N–H and O–H groups in total. The number of benzene rings is 1. The number of hydrogen-bond acceptors (Lipinski definition) is 4. The van der Waals surface area contributed by atoms with Crippen molar-refractivity contribution < 1.29 is 4.79 Å². The molecule has 0 unspecified atom stereocenters. The van der Waals surface area contributed by atoms with Crippen LogP contribution in [0.1, 0.15) is 24.3 Å². The smallest absolute Gasteiger partial charge is 0.170 e. The topological polar surface area (TPSA) is 59.8 Å². The summed E-state index contributed by atoms with van der Waals surface area (Å²) in [7, 11) is 1.84. The Balaban J connectivity index is 2.08. The van der Waals surface area contributed by atoms with Crippen molar-refractivity contribution in [1.82, 2.24) is 14.8 Å². The van der Waals surface area contributed by atoms with Gasteiger partial charge < -0.3 is 5.32 Å². The SMILES string of the molecule is CC(C)Nc1cncc(-c2ccc3c(c2)c(C=O)nn3C)c1. The van der Waals surface area contributed by atoms with Crippen LogP contribution < -0.4 is 5.32 Å². The zero-order chi connectivity index (χ0) is 15.7. The molecule has 0 spiro atoms. The van der Waals surface area contributed by atoms with Crippen molar-refractivity contribution in [1.29, 1.82) is 0 Å². The van der Waals surface area contributed by atoms with Crippen molar-refractivity contribution in [2.45, 2.75) is 19.9 Å². The van der Waals surface area contributed by atoms with Crippen LogP contribution in [-0.2, 0) is 7.05 Å². The standard InChI is InChI=1S/C17H18N4O/c1-11(2)19-14-6-13(8-18-9-14)12-4-5-17-15(7-12)16(10-22)20-21(17)3/h4-11,19H,1-3H3. The maximum Gasteiger partial charge on any atom is 0.170 e. The number of aromatic nitrogens is 3. The molecule has 0 bridgehead atoms. The molecule has 0 aliphatic heterocycles. The van der Waals surface area contributed by atoms with Crippen LogP contribution in [0.15, 0.2) is 36.7 Å². The maximum absolute atomic E-state index is 11.2. The van der Waals surface area contributed by atoms with Crippen LogP contribution in [0.2, 0.25) is 0 Å². The molecule has 3 rings (SSSR count). The summed E-state index contributed by atoms with van der Waals surface area (Å²) in [4.78, 5) is 15.4. The summed E-state index contributed by atoms with van der Waals surface area (Å²) < 4.78 is 1.72. The molecule has 0 saturated heterocycles. The second kappa shape index (κ2) is 5.60. The molecule has 5 heteroatoms. The van der Waals surface area contributed by atoms with Gasteiger partial charge in [-0.15, -0.1) is 0 Å². The van der Waals surface area contributed by atoms with E-state index in [1.807, 2.05) is 37.6 Å². The lowest BCUT2D eigenvalue weighted by atomic mass is 10.0. The van der Waals surface area contributed by atoms with E-state index < -0.39 is 0 Å². The number of aryl methyl sites for hydroxylation is 1. The number of fused-ring (bicyclic) bond motifs is 1. The van der Waals surface area contributed by atoms with E-state index in [1.165, 1.54) is 0 Å². The van der Waals surface area contributed by atoms with Gasteiger partial charge in [0.25, 0.3) is 0 Å². The Bertz CT molecular complexity index is 836. The summed E-state index contributed by atoms with van der Waals surface area (Å²) >= 11 is 0. The zero-order valence-corrected chi connectivity index (χ0v) is 12.9. The van der Waals surface area contributed by atoms with Gasteiger partial charge in [0.1, 0.15) is 5.69 Å². The highest BCUT2D eigenvalue weighted by molar-refractivity contribution is 5.97. The van der Waals surface area contributed by atoms with Gasteiger partial charge in [-0.25, -0.2) is 0 Å². The predicted octanol–water partition coefficient (Wildman–Crippen LogP) is 3.27. The molecule has 1 aromatic carbocycles. The number of hydrogen-bond donors (Lipinski definition) is 1. The normalized spacial score (nSPS) is 11.1. The Hall–Kier alpha value is -2.69. The molecule has 2 heterocycles. The minimum absolute atomic E-state index is 0.347. The number of nitrogens with one attached hydrogen (secondary N) is 1. The largest absolute Gasteiger partial charge is 0.382 e. The highest BCUT2D eigenvalue weighted by atomic mass is 16.1. The van der Waals surface area contributed by atoms with E-state index in [-0.39, 0.29) is 0 Å². The quantitative estimate of drug-likeness (QED) is 0.750. The number of anilines is 1. The van der Waals surface area contributed by atoms with Gasteiger partial charge >= 0.3 is 0 Å². The van der Waals surface area contributed by atoms with Crippen LogP contribution >= 0.6 is 0 Å². The molecule has 0 aliphatic carbocycles. The van der Waals surface area contributed by atoms with Crippen molar-refractivity contribution in [3.63, 3.8) is 0 Å². The Morgan fingerprint density at radius 2 is 2.00 bits per heavy atom. The number of carbonyl (C=O) groups is 1. The van der Waals surface area contributed by atoms with Gasteiger partial charge in [0.05, 0.1) is 11.2 Å². The fourth-order valence-corrected chi connectivity index (χ4v) is 2.57. The van der Waals surface area contributed by atoms with E-state index in [9.17, 15) is 4.79 Å². The molecule has 2 aromatic heterocycles. The molecule has 0 aliphatic rings. The monoisotopic (exact) mass is 294 g/mol. The van der Waals surface area contributed by atoms with Gasteiger partial charge in [-0.1, -0.05) is 6.07 Å². The lowest BCUT2D eigenvalue weighted by molar-refractivity contribution is 0.111. The van der Waals surface area contributed by atoms with E-state index in [4.69, 9.17) is 0 Å². The van der Waals surface area contributed by atoms with Crippen LogP contribution in [0.4, 0.5) is 5.69 Å². The number of aldehydes is 1. The summed E-state index contributed by atoms with van der Waals surface area (Å²) in [6.45, 7) is 4.18. The van der Waals surface area contributed by atoms with Crippen molar-refractivity contribution >= 4 is 22.9 Å². The lowest BCUT2D eigenvalue weighted by Crippen LogP contribution is -2.09. The zero-order valence-electron chi connectivity index (χ0n) is 12.9. The first kappa shape index (κ1) is 14.3. The van der Waals surface area contributed by atoms with Crippen LogP contribution in [0, 0.1) is 0 Å². The van der Waals surface area contributed by atoms with Crippen molar-refractivity contribution in [2.24, 2.45) is 7.05 Å². The third-order valence-corrected chi connectivity index (χ3v) is 3.52. The minimum atomic E-state index is 0.347. The number of pyridine rings is 1. The molecule has 22 heavy (non-hydrogen) atoms. The Labute approximate surface area is 129 Å². The molecule has 3 aromatic rings. The van der Waals surface area contributed by atoms with Crippen LogP contribution in [0.25, 0.3) is 22.0 Å². The van der Waals surface area contributed by atoms with E-state index in [0.29, 0.717) is 11.7 Å². The van der Waals surface area contributed by atoms with Crippen molar-refractivity contribution in [3.8, 4) is 11.1 Å². The first-order valence-corrected chi connectivity index (χ1v) is 7.22. The second-order valence-corrected chi connectivity index (χ2v) is 5.62. The third kappa shape index (κ3) is 2.57. The van der Waals surface area contributed by atoms with Crippen molar-refractivity contribution in [2.75, 3.05) is 5.32 Å². The molecule has 0 fully saturated rings. The Morgan fingerprint density at radius 1 is 1.18 bits per heavy atom. The van der Waals surface area contributed by atoms with E-state index in [1.54, 1.807) is 4.68 Å². The van der Waals surface area contributed by atoms with Gasteiger partial charge in [0.2, 0.25) is 0 Å². The molecular weight excluding hydrogens is 276 g/mol. The predicted molar refractivity (Wildman–Crippen MR) is 88.1 cm³/mol. The van der Waals surface area contributed by atoms with Gasteiger partial charge in [0.15, 0.2) is 6.29 Å². The molecule has 0 atom stereocenters. The van der Waals surface area contributed by atoms with Crippen LogP contribution in [-0.4, -0.2) is 27.1 Å². The molecular formula is C17H18N4O. The summed E-state index contributed by atoms with van der Waals surface area (Å²) in [5, 5.41) is 8.42. The molecule has 0 amide bonds. The van der Waals surface area contributed by atoms with Gasteiger partial charge in [0, 0.05) is 36.4 Å². The summed E-state index contributed by atoms with van der Waals surface area (Å²) in [6, 6.07) is 8.40. The summed E-state index contributed by atoms with van der Waals surface area (Å²) in [5.74, 6) is 0. The average Bonchev–Trinajstić information content (AvgIpc) is 2.83. The molecule has 5 nitrogen and oxygen atoms in total. The van der Waals surface area contributed by atoms with Gasteiger partial charge in [-0.2, -0.15) is 5.10 Å². The fraction of sp³-hybridized carbons (Fsp3) is 0.235. The first-order chi connectivity index (χ1) is 10.6. The maximum atomic E-state index is 11.2. The third-order valence-electron chi connectivity index (χ3n) is 3.52. The van der Waals surface area contributed by atoms with Crippen LogP contribution in [0.5, 0.6) is 0 Å². The minimum Gasteiger partial charge on any atom is -0.382 e. The van der Waals surface area contributed by atoms with Crippen LogP contribution in [0.3, 0.4) is 0 Å². The first-order valence-electron chi connectivity index (χ1n) is 7.22. The van der Waals surface area contributed by atoms with E-state index in [0.717, 1.165) is 34.0 Å². The Morgan fingerprint density at radius 3 is 2.73 bits per heavy atom. The van der Waals surface area contributed by atoms with Gasteiger partial charge in [-0.05, 0) is 37.6 Å². The highest BCUT2D eigenvalue weighted by Gasteiger charge is 2.10. The van der Waals surface area contributed by atoms with Crippen molar-refractivity contribution in [3.05, 3.63) is 42.4 Å². The summed E-state index contributed by atoms with van der Waals surface area (Å²) in [5.41, 5.74) is 4.41. The highest BCUT2D eigenvalue weighted by Crippen LogP contribution is 2.27.